The summed E-state index contributed by atoms with van der Waals surface area (Å²) in [6.45, 7) is 9.25. The number of benzene rings is 1. The molecule has 1 saturated heterocycles. The fourth-order valence-corrected chi connectivity index (χ4v) is 2.79. The van der Waals surface area contributed by atoms with E-state index in [9.17, 15) is 0 Å². The molecule has 1 unspecified atom stereocenters. The minimum absolute atomic E-state index is 0.722. The summed E-state index contributed by atoms with van der Waals surface area (Å²) in [5.74, 6) is 0.722. The van der Waals surface area contributed by atoms with E-state index in [-0.39, 0.29) is 0 Å². The Labute approximate surface area is 111 Å². The second-order valence-electron chi connectivity index (χ2n) is 5.49. The van der Waals surface area contributed by atoms with Crippen molar-refractivity contribution in [3.8, 4) is 0 Å². The van der Waals surface area contributed by atoms with Gasteiger partial charge in [0.1, 0.15) is 0 Å². The predicted molar refractivity (Wildman–Crippen MR) is 79.3 cm³/mol. The summed E-state index contributed by atoms with van der Waals surface area (Å²) in [6.07, 6.45) is 3.66. The molecule has 2 heteroatoms. The van der Waals surface area contributed by atoms with Crippen molar-refractivity contribution in [1.29, 1.82) is 0 Å². The first kappa shape index (κ1) is 13.4. The second kappa shape index (κ2) is 6.79. The smallest absolute Gasteiger partial charge is 0.0398 e. The Kier molecular flexibility index (Phi) is 5.06. The number of hydrogen-bond acceptors (Lipinski definition) is 2. The molecule has 2 nitrogen and oxygen atoms in total. The Hall–Kier alpha value is -1.02. The molecule has 0 radical (unpaired) electrons. The van der Waals surface area contributed by atoms with Crippen molar-refractivity contribution in [2.45, 2.75) is 33.1 Å². The molecule has 18 heavy (non-hydrogen) atoms. The van der Waals surface area contributed by atoms with Crippen LogP contribution in [-0.4, -0.2) is 26.2 Å². The molecule has 0 amide bonds. The second-order valence-corrected chi connectivity index (χ2v) is 5.49. The molecular formula is C16H26N2. The lowest BCUT2D eigenvalue weighted by Crippen LogP contribution is -2.39. The van der Waals surface area contributed by atoms with Crippen LogP contribution in [-0.2, 0) is 6.42 Å². The zero-order valence-electron chi connectivity index (χ0n) is 11.8. The van der Waals surface area contributed by atoms with Gasteiger partial charge in [-0.1, -0.05) is 38.5 Å². The Bertz CT molecular complexity index is 362. The topological polar surface area (TPSA) is 15.3 Å². The van der Waals surface area contributed by atoms with Crippen LogP contribution >= 0.6 is 0 Å². The molecular weight excluding hydrogens is 220 g/mol. The summed E-state index contributed by atoms with van der Waals surface area (Å²) in [5.41, 5.74) is 2.98. The molecule has 1 aromatic carbocycles. The molecule has 1 aliphatic heterocycles. The highest BCUT2D eigenvalue weighted by Gasteiger charge is 2.15. The van der Waals surface area contributed by atoms with Crippen LogP contribution in [0.25, 0.3) is 0 Å². The maximum absolute atomic E-state index is 3.52. The quantitative estimate of drug-likeness (QED) is 0.881. The summed E-state index contributed by atoms with van der Waals surface area (Å²) in [4.78, 5) is 2.59. The van der Waals surface area contributed by atoms with Gasteiger partial charge in [0.2, 0.25) is 0 Å². The van der Waals surface area contributed by atoms with Gasteiger partial charge in [-0.2, -0.15) is 0 Å². The normalized spacial score (nSPS) is 21.4. The molecule has 2 rings (SSSR count). The van der Waals surface area contributed by atoms with E-state index in [0.29, 0.717) is 0 Å². The van der Waals surface area contributed by atoms with E-state index >= 15 is 0 Å². The van der Waals surface area contributed by atoms with E-state index in [1.807, 2.05) is 0 Å². The summed E-state index contributed by atoms with van der Waals surface area (Å²) in [7, 11) is 0. The molecule has 1 fully saturated rings. The van der Waals surface area contributed by atoms with Gasteiger partial charge in [0.25, 0.3) is 0 Å². The van der Waals surface area contributed by atoms with Crippen molar-refractivity contribution in [3.63, 3.8) is 0 Å². The average molecular weight is 246 g/mol. The third kappa shape index (κ3) is 3.49. The average Bonchev–Trinajstić information content (AvgIpc) is 2.35. The zero-order valence-corrected chi connectivity index (χ0v) is 11.8. The molecule has 1 atom stereocenters. The zero-order chi connectivity index (χ0) is 12.8. The maximum Gasteiger partial charge on any atom is 0.0398 e. The molecule has 0 bridgehead atoms. The van der Waals surface area contributed by atoms with Gasteiger partial charge in [0.15, 0.2) is 0 Å². The highest BCUT2D eigenvalue weighted by atomic mass is 15.1. The van der Waals surface area contributed by atoms with Gasteiger partial charge >= 0.3 is 0 Å². The van der Waals surface area contributed by atoms with Gasteiger partial charge < -0.3 is 10.2 Å². The molecule has 100 valence electrons. The SMILES string of the molecule is CCCc1ccccc1N1CCCNCC(C)C1. The van der Waals surface area contributed by atoms with E-state index < -0.39 is 0 Å². The molecule has 1 heterocycles. The first-order valence-electron chi connectivity index (χ1n) is 7.35. The van der Waals surface area contributed by atoms with E-state index in [4.69, 9.17) is 0 Å². The first-order chi connectivity index (χ1) is 8.81. The van der Waals surface area contributed by atoms with Crippen LogP contribution in [0.15, 0.2) is 24.3 Å². The van der Waals surface area contributed by atoms with Crippen LogP contribution in [0.3, 0.4) is 0 Å². The third-order valence-corrected chi connectivity index (χ3v) is 3.66. The van der Waals surface area contributed by atoms with Crippen LogP contribution < -0.4 is 10.2 Å². The highest BCUT2D eigenvalue weighted by Crippen LogP contribution is 2.23. The van der Waals surface area contributed by atoms with Crippen molar-refractivity contribution in [1.82, 2.24) is 5.32 Å². The fourth-order valence-electron chi connectivity index (χ4n) is 2.79. The van der Waals surface area contributed by atoms with Gasteiger partial charge in [-0.3, -0.25) is 0 Å². The van der Waals surface area contributed by atoms with E-state index in [2.05, 4.69) is 48.3 Å². The molecule has 1 aromatic rings. The highest BCUT2D eigenvalue weighted by molar-refractivity contribution is 5.53. The van der Waals surface area contributed by atoms with E-state index in [1.54, 1.807) is 0 Å². The molecule has 0 spiro atoms. The standard InChI is InChI=1S/C16H26N2/c1-3-7-15-8-4-5-9-16(15)18-11-6-10-17-12-14(2)13-18/h4-5,8-9,14,17H,3,6-7,10-13H2,1-2H3. The summed E-state index contributed by atoms with van der Waals surface area (Å²) in [6, 6.07) is 8.94. The lowest BCUT2D eigenvalue weighted by atomic mass is 10.0. The number of aryl methyl sites for hydroxylation is 1. The lowest BCUT2D eigenvalue weighted by Gasteiger charge is -2.32. The molecule has 0 aromatic heterocycles. The van der Waals surface area contributed by atoms with Crippen molar-refractivity contribution in [2.24, 2.45) is 5.92 Å². The Morgan fingerprint density at radius 1 is 1.33 bits per heavy atom. The minimum atomic E-state index is 0.722. The van der Waals surface area contributed by atoms with E-state index in [1.165, 1.54) is 43.6 Å². The van der Waals surface area contributed by atoms with E-state index in [0.717, 1.165) is 19.0 Å². The van der Waals surface area contributed by atoms with Gasteiger partial charge in [-0.05, 0) is 43.5 Å². The van der Waals surface area contributed by atoms with Gasteiger partial charge in [-0.25, -0.2) is 0 Å². The first-order valence-corrected chi connectivity index (χ1v) is 7.35. The maximum atomic E-state index is 3.52. The van der Waals surface area contributed by atoms with Crippen molar-refractivity contribution >= 4 is 5.69 Å². The number of rotatable bonds is 3. The third-order valence-electron chi connectivity index (χ3n) is 3.66. The number of nitrogens with zero attached hydrogens (tertiary/aromatic N) is 1. The Morgan fingerprint density at radius 2 is 2.17 bits per heavy atom. The summed E-state index contributed by atoms with van der Waals surface area (Å²) in [5, 5.41) is 3.52. The lowest BCUT2D eigenvalue weighted by molar-refractivity contribution is 0.467. The van der Waals surface area contributed by atoms with Crippen LogP contribution in [0, 0.1) is 5.92 Å². The van der Waals surface area contributed by atoms with Crippen molar-refractivity contribution in [2.75, 3.05) is 31.1 Å². The van der Waals surface area contributed by atoms with Gasteiger partial charge in [-0.15, -0.1) is 0 Å². The predicted octanol–water partition coefficient (Wildman–Crippen LogP) is 3.07. The molecule has 1 N–H and O–H groups in total. The molecule has 0 saturated carbocycles. The molecule has 1 aliphatic rings. The van der Waals surface area contributed by atoms with Gasteiger partial charge in [0, 0.05) is 18.8 Å². The van der Waals surface area contributed by atoms with Gasteiger partial charge in [0.05, 0.1) is 0 Å². The van der Waals surface area contributed by atoms with Crippen LogP contribution in [0.4, 0.5) is 5.69 Å². The number of hydrogen-bond donors (Lipinski definition) is 1. The summed E-state index contributed by atoms with van der Waals surface area (Å²) >= 11 is 0. The van der Waals surface area contributed by atoms with Crippen molar-refractivity contribution in [3.05, 3.63) is 29.8 Å². The Morgan fingerprint density at radius 3 is 3.00 bits per heavy atom. The number of anilines is 1. The summed E-state index contributed by atoms with van der Waals surface area (Å²) < 4.78 is 0. The molecule has 0 aliphatic carbocycles. The minimum Gasteiger partial charge on any atom is -0.371 e. The Balaban J connectivity index is 2.16. The number of para-hydroxylation sites is 1. The van der Waals surface area contributed by atoms with Crippen LogP contribution in [0.1, 0.15) is 32.3 Å². The monoisotopic (exact) mass is 246 g/mol. The largest absolute Gasteiger partial charge is 0.371 e. The van der Waals surface area contributed by atoms with Crippen LogP contribution in [0.5, 0.6) is 0 Å². The van der Waals surface area contributed by atoms with Crippen LogP contribution in [0.2, 0.25) is 0 Å². The fraction of sp³-hybridized carbons (Fsp3) is 0.625. The van der Waals surface area contributed by atoms with Crippen molar-refractivity contribution < 1.29 is 0 Å². The number of nitrogens with one attached hydrogen (secondary N) is 1.